The predicted octanol–water partition coefficient (Wildman–Crippen LogP) is 3.30. The molecule has 4 aromatic rings. The Morgan fingerprint density at radius 1 is 1.19 bits per heavy atom. The molecule has 7 rings (SSSR count). The summed E-state index contributed by atoms with van der Waals surface area (Å²) in [5.74, 6) is -0.0891. The van der Waals surface area contributed by atoms with Gasteiger partial charge in [-0.2, -0.15) is 0 Å². The van der Waals surface area contributed by atoms with Gasteiger partial charge in [0.15, 0.2) is 11.7 Å². The molecule has 2 saturated heterocycles. The minimum absolute atomic E-state index is 0.0137. The lowest BCUT2D eigenvalue weighted by atomic mass is 9.91. The van der Waals surface area contributed by atoms with Crippen molar-refractivity contribution in [3.8, 4) is 5.75 Å². The summed E-state index contributed by atoms with van der Waals surface area (Å²) in [5.41, 5.74) is 2.29. The fraction of sp³-hybridized carbons (Fsp3) is 0.438. The summed E-state index contributed by atoms with van der Waals surface area (Å²) in [7, 11) is 1.59. The van der Waals surface area contributed by atoms with Crippen molar-refractivity contribution in [1.29, 1.82) is 0 Å². The van der Waals surface area contributed by atoms with Crippen LogP contribution in [0.15, 0.2) is 52.9 Å². The molecule has 2 aliphatic heterocycles. The first-order chi connectivity index (χ1) is 20.9. The number of nitrogens with zero attached hydrogens (tertiary/aromatic N) is 2. The quantitative estimate of drug-likeness (QED) is 0.248. The molecular weight excluding hydrogens is 550 g/mol. The van der Waals surface area contributed by atoms with Gasteiger partial charge in [-0.25, -0.2) is 4.98 Å². The third-order valence-corrected chi connectivity index (χ3v) is 9.47. The van der Waals surface area contributed by atoms with Gasteiger partial charge >= 0.3 is 0 Å². The van der Waals surface area contributed by atoms with Gasteiger partial charge in [0.2, 0.25) is 17.7 Å². The monoisotopic (exact) mass is 585 g/mol. The van der Waals surface area contributed by atoms with Crippen molar-refractivity contribution in [1.82, 2.24) is 25.5 Å². The van der Waals surface area contributed by atoms with E-state index >= 15 is 0 Å². The van der Waals surface area contributed by atoms with E-state index in [9.17, 15) is 19.5 Å². The zero-order valence-electron chi connectivity index (χ0n) is 23.9. The van der Waals surface area contributed by atoms with Gasteiger partial charge in [0, 0.05) is 29.9 Å². The van der Waals surface area contributed by atoms with Crippen LogP contribution in [0.5, 0.6) is 5.75 Å². The van der Waals surface area contributed by atoms with E-state index in [1.54, 1.807) is 30.2 Å². The first kappa shape index (κ1) is 27.5. The summed E-state index contributed by atoms with van der Waals surface area (Å²) in [6.45, 7) is 1.03. The van der Waals surface area contributed by atoms with Crippen molar-refractivity contribution in [3.05, 3.63) is 60.1 Å². The van der Waals surface area contributed by atoms with Gasteiger partial charge in [0.1, 0.15) is 23.0 Å². The van der Waals surface area contributed by atoms with Crippen LogP contribution in [-0.4, -0.2) is 70.0 Å². The van der Waals surface area contributed by atoms with Crippen molar-refractivity contribution < 1.29 is 28.6 Å². The second-order valence-electron chi connectivity index (χ2n) is 12.0. The number of H-pyrrole nitrogens is 1. The van der Waals surface area contributed by atoms with Crippen LogP contribution in [0.1, 0.15) is 54.6 Å². The Labute approximate surface area is 248 Å². The summed E-state index contributed by atoms with van der Waals surface area (Å²) in [4.78, 5) is 50.0. The van der Waals surface area contributed by atoms with E-state index < -0.39 is 18.2 Å². The second-order valence-corrected chi connectivity index (χ2v) is 12.0. The van der Waals surface area contributed by atoms with Gasteiger partial charge in [0.05, 0.1) is 13.2 Å². The molecule has 1 aliphatic carbocycles. The fourth-order valence-corrected chi connectivity index (χ4v) is 7.33. The average Bonchev–Trinajstić information content (AvgIpc) is 3.83. The van der Waals surface area contributed by atoms with Crippen molar-refractivity contribution >= 4 is 39.7 Å². The number of oxazole rings is 1. The minimum atomic E-state index is -1.28. The lowest BCUT2D eigenvalue weighted by Gasteiger charge is -2.30. The molecule has 3 aliphatic rings. The first-order valence-corrected chi connectivity index (χ1v) is 15.0. The number of carbonyl (C=O) groups is 3. The number of benzene rings is 2. The second kappa shape index (κ2) is 11.0. The molecule has 11 nitrogen and oxygen atoms in total. The van der Waals surface area contributed by atoms with E-state index in [1.165, 1.54) is 0 Å². The largest absolute Gasteiger partial charge is 0.496 e. The van der Waals surface area contributed by atoms with Crippen LogP contribution in [0.25, 0.3) is 22.0 Å². The third-order valence-electron chi connectivity index (χ3n) is 9.47. The highest BCUT2D eigenvalue weighted by atomic mass is 16.5. The van der Waals surface area contributed by atoms with Crippen molar-refractivity contribution in [2.24, 2.45) is 17.8 Å². The normalized spacial score (nSPS) is 24.7. The van der Waals surface area contributed by atoms with E-state index in [0.29, 0.717) is 42.1 Å². The Hall–Kier alpha value is -4.38. The zero-order chi connectivity index (χ0) is 29.7. The lowest BCUT2D eigenvalue weighted by molar-refractivity contribution is -0.129. The van der Waals surface area contributed by atoms with Gasteiger partial charge in [-0.3, -0.25) is 14.4 Å². The number of fused-ring (bicyclic) bond motifs is 3. The lowest BCUT2D eigenvalue weighted by Crippen LogP contribution is -2.52. The number of nitrogens with one attached hydrogen (secondary N) is 3. The Kier molecular flexibility index (Phi) is 7.04. The molecule has 0 radical (unpaired) electrons. The molecule has 4 heterocycles. The molecule has 4 N–H and O–H groups in total. The molecule has 3 amide bonds. The molecule has 224 valence electrons. The van der Waals surface area contributed by atoms with E-state index in [2.05, 4.69) is 20.6 Å². The van der Waals surface area contributed by atoms with Crippen LogP contribution < -0.4 is 15.4 Å². The summed E-state index contributed by atoms with van der Waals surface area (Å²) < 4.78 is 11.3. The fourth-order valence-electron chi connectivity index (χ4n) is 7.33. The molecule has 2 aromatic heterocycles. The number of amides is 3. The number of rotatable bonds is 8. The van der Waals surface area contributed by atoms with Crippen LogP contribution in [0, 0.1) is 17.8 Å². The third kappa shape index (κ3) is 4.91. The Balaban J connectivity index is 1.18. The Morgan fingerprint density at radius 3 is 2.84 bits per heavy atom. The van der Waals surface area contributed by atoms with Gasteiger partial charge in [-0.05, 0) is 67.9 Å². The maximum absolute atomic E-state index is 14.2. The highest BCUT2D eigenvalue weighted by Gasteiger charge is 2.50. The smallest absolute Gasteiger partial charge is 0.271 e. The Bertz CT molecular complexity index is 1660. The molecular formula is C32H35N5O6. The summed E-state index contributed by atoms with van der Waals surface area (Å²) in [6.07, 6.45) is 2.34. The standard InChI is InChI=1S/C32H35N5O6/c1-42-25-11-5-9-21-20(25)15-24(34-21)32(41)37-16-18-6-4-7-19(18)27(37)30(40)35-23(14-17-12-13-33-29(17)39)28(38)31-36-22-8-2-3-10-26(22)43-31/h2-3,5,8-11,15,17-19,23,27-28,34,38H,4,6-7,12-14,16H2,1H3,(H,33,39)(H,35,40)/t17-,18-,19-,23-,27-,28?/m0/s1. The predicted molar refractivity (Wildman–Crippen MR) is 157 cm³/mol. The molecule has 0 spiro atoms. The number of para-hydroxylation sites is 2. The molecule has 43 heavy (non-hydrogen) atoms. The van der Waals surface area contributed by atoms with E-state index in [-0.39, 0.29) is 47.8 Å². The summed E-state index contributed by atoms with van der Waals surface area (Å²) in [5, 5.41) is 18.2. The number of ether oxygens (including phenoxy) is 1. The van der Waals surface area contributed by atoms with Crippen LogP contribution in [0.4, 0.5) is 0 Å². The van der Waals surface area contributed by atoms with Gasteiger partial charge < -0.3 is 34.8 Å². The highest BCUT2D eigenvalue weighted by Crippen LogP contribution is 2.43. The maximum Gasteiger partial charge on any atom is 0.271 e. The Morgan fingerprint density at radius 2 is 2.05 bits per heavy atom. The minimum Gasteiger partial charge on any atom is -0.496 e. The van der Waals surface area contributed by atoms with Gasteiger partial charge in [0.25, 0.3) is 5.91 Å². The molecule has 6 atom stereocenters. The molecule has 1 saturated carbocycles. The topological polar surface area (TPSA) is 150 Å². The van der Waals surface area contributed by atoms with E-state index in [0.717, 1.165) is 30.2 Å². The van der Waals surface area contributed by atoms with Gasteiger partial charge in [-0.15, -0.1) is 0 Å². The zero-order valence-corrected chi connectivity index (χ0v) is 23.9. The van der Waals surface area contributed by atoms with Crippen LogP contribution in [0.3, 0.4) is 0 Å². The van der Waals surface area contributed by atoms with Crippen LogP contribution >= 0.6 is 0 Å². The molecule has 3 fully saturated rings. The summed E-state index contributed by atoms with van der Waals surface area (Å²) >= 11 is 0. The number of likely N-dealkylation sites (tertiary alicyclic amines) is 1. The maximum atomic E-state index is 14.2. The number of aromatic nitrogens is 2. The van der Waals surface area contributed by atoms with Crippen molar-refractivity contribution in [3.63, 3.8) is 0 Å². The number of aliphatic hydroxyl groups is 1. The number of aliphatic hydroxyl groups excluding tert-OH is 1. The van der Waals surface area contributed by atoms with Crippen molar-refractivity contribution in [2.45, 2.75) is 50.3 Å². The molecule has 11 heteroatoms. The summed E-state index contributed by atoms with van der Waals surface area (Å²) in [6, 6.07) is 13.0. The average molecular weight is 586 g/mol. The van der Waals surface area contributed by atoms with Crippen LogP contribution in [-0.2, 0) is 9.59 Å². The molecule has 0 bridgehead atoms. The number of hydrogen-bond donors (Lipinski definition) is 4. The van der Waals surface area contributed by atoms with Crippen molar-refractivity contribution in [2.75, 3.05) is 20.2 Å². The number of carbonyl (C=O) groups excluding carboxylic acids is 3. The van der Waals surface area contributed by atoms with E-state index in [4.69, 9.17) is 9.15 Å². The number of methoxy groups -OCH3 is 1. The van der Waals surface area contributed by atoms with E-state index in [1.807, 2.05) is 30.3 Å². The van der Waals surface area contributed by atoms with Crippen LogP contribution in [0.2, 0.25) is 0 Å². The molecule has 1 unspecified atom stereocenters. The highest BCUT2D eigenvalue weighted by molar-refractivity contribution is 6.02. The van der Waals surface area contributed by atoms with Gasteiger partial charge in [-0.1, -0.05) is 24.6 Å². The number of hydrogen-bond acceptors (Lipinski definition) is 7. The number of aromatic amines is 1. The first-order valence-electron chi connectivity index (χ1n) is 15.0. The molecule has 2 aromatic carbocycles. The SMILES string of the molecule is COc1cccc2[nH]c(C(=O)N3C[C@@H]4CCC[C@@H]4[C@H]3C(=O)N[C@@H](C[C@@H]3CCNC3=O)C(O)c3nc4ccccc4o3)cc12.